The van der Waals surface area contributed by atoms with Crippen LogP contribution in [0.1, 0.15) is 42.9 Å². The Kier molecular flexibility index (Phi) is 4.54. The Morgan fingerprint density at radius 1 is 0.848 bits per heavy atom. The minimum atomic E-state index is 0.0563. The van der Waals surface area contributed by atoms with Gasteiger partial charge in [-0.05, 0) is 60.0 Å². The molecule has 2 aromatic rings. The van der Waals surface area contributed by atoms with Crippen molar-refractivity contribution in [3.63, 3.8) is 0 Å². The van der Waals surface area contributed by atoms with E-state index in [0.717, 1.165) is 57.0 Å². The third-order valence-electron chi connectivity index (χ3n) is 10.3. The van der Waals surface area contributed by atoms with Crippen LogP contribution in [0.3, 0.4) is 0 Å². The lowest BCUT2D eigenvalue weighted by atomic mass is 9.13. The third kappa shape index (κ3) is 2.68. The molecule has 1 heterocycles. The summed E-state index contributed by atoms with van der Waals surface area (Å²) in [4.78, 5) is 18.3. The molecule has 1 N–H and O–H groups in total. The van der Waals surface area contributed by atoms with Gasteiger partial charge in [-0.1, -0.05) is 60.7 Å². The van der Waals surface area contributed by atoms with E-state index in [9.17, 15) is 4.79 Å². The molecule has 1 spiro atoms. The smallest absolute Gasteiger partial charge is 0.226 e. The molecule has 4 nitrogen and oxygen atoms in total. The summed E-state index contributed by atoms with van der Waals surface area (Å²) >= 11 is 0. The molecule has 0 aromatic heterocycles. The van der Waals surface area contributed by atoms with Gasteiger partial charge in [0, 0.05) is 39.3 Å². The highest BCUT2D eigenvalue weighted by molar-refractivity contribution is 5.88. The molecular weight excluding hydrogens is 406 g/mol. The average Bonchev–Trinajstić information content (AvgIpc) is 2.80. The first-order valence-electron chi connectivity index (χ1n) is 13.1. The van der Waals surface area contributed by atoms with Crippen LogP contribution < -0.4 is 5.32 Å². The first-order chi connectivity index (χ1) is 16.2. The van der Waals surface area contributed by atoms with E-state index in [1.54, 1.807) is 0 Å². The highest BCUT2D eigenvalue weighted by atomic mass is 16.2. The van der Waals surface area contributed by atoms with Crippen LogP contribution in [-0.4, -0.2) is 55.0 Å². The van der Waals surface area contributed by atoms with Crippen LogP contribution in [-0.2, 0) is 4.79 Å². The van der Waals surface area contributed by atoms with Gasteiger partial charge >= 0.3 is 0 Å². The zero-order valence-corrected chi connectivity index (χ0v) is 19.5. The number of nitrogens with one attached hydrogen (secondary N) is 1. The second-order valence-corrected chi connectivity index (χ2v) is 11.3. The first-order valence-corrected chi connectivity index (χ1v) is 13.1. The molecule has 0 radical (unpaired) electrons. The van der Waals surface area contributed by atoms with Gasteiger partial charge in [-0.15, -0.1) is 0 Å². The van der Waals surface area contributed by atoms with Crippen LogP contribution in [0.2, 0.25) is 0 Å². The molecule has 5 fully saturated rings. The van der Waals surface area contributed by atoms with Gasteiger partial charge in [0.05, 0.1) is 11.5 Å². The van der Waals surface area contributed by atoms with Crippen LogP contribution in [0.4, 0.5) is 0 Å². The Morgan fingerprint density at radius 3 is 1.94 bits per heavy atom. The van der Waals surface area contributed by atoms with Gasteiger partial charge in [0.1, 0.15) is 0 Å². The van der Waals surface area contributed by atoms with Gasteiger partial charge in [-0.25, -0.2) is 0 Å². The van der Waals surface area contributed by atoms with Gasteiger partial charge < -0.3 is 5.32 Å². The summed E-state index contributed by atoms with van der Waals surface area (Å²) in [5, 5.41) is 3.37. The zero-order chi connectivity index (χ0) is 22.0. The van der Waals surface area contributed by atoms with Crippen molar-refractivity contribution in [1.82, 2.24) is 15.1 Å². The number of piperazine rings is 1. The van der Waals surface area contributed by atoms with E-state index in [-0.39, 0.29) is 5.41 Å². The van der Waals surface area contributed by atoms with Gasteiger partial charge in [0.25, 0.3) is 0 Å². The van der Waals surface area contributed by atoms with Crippen molar-refractivity contribution in [3.05, 3.63) is 71.8 Å². The lowest BCUT2D eigenvalue weighted by Gasteiger charge is -2.90. The normalized spacial score (nSPS) is 36.5. The molecular formula is C29H35N3O. The van der Waals surface area contributed by atoms with Crippen molar-refractivity contribution in [1.29, 1.82) is 0 Å². The fraction of sp³-hybridized carbons (Fsp3) is 0.552. The quantitative estimate of drug-likeness (QED) is 0.707. The molecule has 2 atom stereocenters. The van der Waals surface area contributed by atoms with E-state index >= 15 is 0 Å². The van der Waals surface area contributed by atoms with Crippen molar-refractivity contribution < 1.29 is 4.79 Å². The lowest BCUT2D eigenvalue weighted by molar-refractivity contribution is -0.413. The predicted octanol–water partition coefficient (Wildman–Crippen LogP) is 3.95. The second-order valence-electron chi connectivity index (χ2n) is 11.3. The van der Waals surface area contributed by atoms with E-state index in [1.165, 1.54) is 36.8 Å². The predicted molar refractivity (Wildman–Crippen MR) is 130 cm³/mol. The molecule has 172 valence electrons. The number of nitrogens with zero attached hydrogens (tertiary/aromatic N) is 2. The Balaban J connectivity index is 0.938. The fourth-order valence-electron chi connectivity index (χ4n) is 8.94. The van der Waals surface area contributed by atoms with Gasteiger partial charge in [-0.3, -0.25) is 14.6 Å². The molecule has 5 aliphatic rings. The van der Waals surface area contributed by atoms with Crippen LogP contribution in [0.15, 0.2) is 60.7 Å². The maximum absolute atomic E-state index is 13.1. The van der Waals surface area contributed by atoms with Crippen LogP contribution in [0, 0.1) is 28.6 Å². The number of rotatable bonds is 7. The largest absolute Gasteiger partial charge is 0.354 e. The molecule has 4 heteroatoms. The maximum Gasteiger partial charge on any atom is 0.226 e. The number of benzene rings is 2. The van der Waals surface area contributed by atoms with E-state index in [1.807, 2.05) is 0 Å². The van der Waals surface area contributed by atoms with Gasteiger partial charge in [0.15, 0.2) is 0 Å². The molecule has 33 heavy (non-hydrogen) atoms. The van der Waals surface area contributed by atoms with Crippen molar-refractivity contribution in [2.75, 3.05) is 39.3 Å². The standard InChI is InChI=1S/C29H35N3O/c33-27(28-19-24-17-23-18-25(20-28)29(23,24)28)30-11-12-31-13-15-32(16-14-31)26(21-7-3-1-4-8-21)22-9-5-2-6-10-22/h1-10,23-26H,11-20H2,(H,30,33). The average molecular weight is 442 g/mol. The number of hydrogen-bond donors (Lipinski definition) is 1. The second kappa shape index (κ2) is 7.41. The first kappa shape index (κ1) is 20.2. The summed E-state index contributed by atoms with van der Waals surface area (Å²) in [6.45, 7) is 6.01. The third-order valence-corrected chi connectivity index (χ3v) is 10.3. The molecule has 0 bridgehead atoms. The molecule has 1 aliphatic heterocycles. The summed E-state index contributed by atoms with van der Waals surface area (Å²) in [6, 6.07) is 22.1. The SMILES string of the molecule is O=C(NCCN1CCN(C(c2ccccc2)c2ccccc2)CC1)C12CC3CC4CC(C1)C432. The van der Waals surface area contributed by atoms with Gasteiger partial charge in [-0.2, -0.15) is 0 Å². The van der Waals surface area contributed by atoms with Crippen molar-refractivity contribution >= 4 is 5.91 Å². The van der Waals surface area contributed by atoms with E-state index < -0.39 is 0 Å². The minimum absolute atomic E-state index is 0.0563. The molecule has 4 saturated carbocycles. The molecule has 2 unspecified atom stereocenters. The van der Waals surface area contributed by atoms with Crippen LogP contribution >= 0.6 is 0 Å². The van der Waals surface area contributed by atoms with E-state index in [0.29, 0.717) is 17.4 Å². The monoisotopic (exact) mass is 441 g/mol. The molecule has 4 aliphatic carbocycles. The highest BCUT2D eigenvalue weighted by Gasteiger charge is 2.89. The number of carbonyl (C=O) groups excluding carboxylic acids is 1. The van der Waals surface area contributed by atoms with Gasteiger partial charge in [0.2, 0.25) is 5.91 Å². The van der Waals surface area contributed by atoms with Crippen LogP contribution in [0.5, 0.6) is 0 Å². The van der Waals surface area contributed by atoms with E-state index in [2.05, 4.69) is 75.8 Å². The Labute approximate surface area is 197 Å². The summed E-state index contributed by atoms with van der Waals surface area (Å²) in [6.07, 6.45) is 5.21. The number of hydrogen-bond acceptors (Lipinski definition) is 3. The zero-order valence-electron chi connectivity index (χ0n) is 19.5. The highest BCUT2D eigenvalue weighted by Crippen LogP contribution is 2.92. The molecule has 7 rings (SSSR count). The Bertz CT molecular complexity index is 964. The fourth-order valence-corrected chi connectivity index (χ4v) is 8.94. The van der Waals surface area contributed by atoms with Crippen molar-refractivity contribution in [3.8, 4) is 0 Å². The lowest BCUT2D eigenvalue weighted by Crippen LogP contribution is -2.88. The van der Waals surface area contributed by atoms with Crippen molar-refractivity contribution in [2.45, 2.75) is 31.7 Å². The molecule has 1 saturated heterocycles. The van der Waals surface area contributed by atoms with Crippen molar-refractivity contribution in [2.24, 2.45) is 28.6 Å². The molecule has 1 amide bonds. The van der Waals surface area contributed by atoms with E-state index in [4.69, 9.17) is 0 Å². The van der Waals surface area contributed by atoms with Crippen LogP contribution in [0.25, 0.3) is 0 Å². The number of amides is 1. The minimum Gasteiger partial charge on any atom is -0.354 e. The number of carbonyl (C=O) groups is 1. The topological polar surface area (TPSA) is 35.6 Å². The summed E-state index contributed by atoms with van der Waals surface area (Å²) in [7, 11) is 0. The summed E-state index contributed by atoms with van der Waals surface area (Å²) < 4.78 is 0. The maximum atomic E-state index is 13.1. The Morgan fingerprint density at radius 2 is 1.42 bits per heavy atom. The molecule has 2 aromatic carbocycles. The summed E-state index contributed by atoms with van der Waals surface area (Å²) in [5.41, 5.74) is 3.28. The Hall–Kier alpha value is -2.17. The summed E-state index contributed by atoms with van der Waals surface area (Å²) in [5.74, 6) is 3.09.